The molecular weight excluding hydrogens is 138 g/mol. The minimum Gasteiger partial charge on any atom is -0.305 e. The fourth-order valence-electron chi connectivity index (χ4n) is 1.61. The van der Waals surface area contributed by atoms with E-state index >= 15 is 0 Å². The van der Waals surface area contributed by atoms with Gasteiger partial charge >= 0.3 is 0 Å². The SMILES string of the molecule is CC1=NC2C(C)C=CCN2N1. The summed E-state index contributed by atoms with van der Waals surface area (Å²) < 4.78 is 0. The van der Waals surface area contributed by atoms with Gasteiger partial charge in [0.05, 0.1) is 0 Å². The van der Waals surface area contributed by atoms with Gasteiger partial charge in [-0.25, -0.2) is 0 Å². The fraction of sp³-hybridized carbons (Fsp3) is 0.625. The first kappa shape index (κ1) is 6.85. The van der Waals surface area contributed by atoms with Crippen LogP contribution in [0.2, 0.25) is 0 Å². The Labute approximate surface area is 66.8 Å². The largest absolute Gasteiger partial charge is 0.305 e. The van der Waals surface area contributed by atoms with Gasteiger partial charge in [0, 0.05) is 12.5 Å². The Morgan fingerprint density at radius 1 is 1.73 bits per heavy atom. The Bertz CT molecular complexity index is 219. The van der Waals surface area contributed by atoms with Gasteiger partial charge in [-0.1, -0.05) is 19.1 Å². The Kier molecular flexibility index (Phi) is 1.46. The number of nitrogens with zero attached hydrogens (tertiary/aromatic N) is 2. The molecule has 2 aliphatic rings. The van der Waals surface area contributed by atoms with Crippen LogP contribution in [0.3, 0.4) is 0 Å². The first-order valence-corrected chi connectivity index (χ1v) is 4.02. The molecule has 0 aromatic rings. The third kappa shape index (κ3) is 1.05. The van der Waals surface area contributed by atoms with Crippen molar-refractivity contribution >= 4 is 5.84 Å². The summed E-state index contributed by atoms with van der Waals surface area (Å²) in [4.78, 5) is 4.47. The highest BCUT2D eigenvalue weighted by atomic mass is 15.6. The van der Waals surface area contributed by atoms with Crippen LogP contribution >= 0.6 is 0 Å². The van der Waals surface area contributed by atoms with Crippen LogP contribution in [0.4, 0.5) is 0 Å². The molecular formula is C8H13N3. The number of fused-ring (bicyclic) bond motifs is 1. The van der Waals surface area contributed by atoms with E-state index in [-0.39, 0.29) is 0 Å². The number of hydrogen-bond acceptors (Lipinski definition) is 3. The van der Waals surface area contributed by atoms with Crippen molar-refractivity contribution in [3.8, 4) is 0 Å². The molecule has 1 N–H and O–H groups in total. The topological polar surface area (TPSA) is 27.6 Å². The third-order valence-electron chi connectivity index (χ3n) is 2.16. The highest BCUT2D eigenvalue weighted by Gasteiger charge is 2.29. The van der Waals surface area contributed by atoms with Crippen molar-refractivity contribution in [1.29, 1.82) is 0 Å². The molecule has 2 aliphatic heterocycles. The zero-order chi connectivity index (χ0) is 7.84. The van der Waals surface area contributed by atoms with E-state index in [1.807, 2.05) is 6.92 Å². The van der Waals surface area contributed by atoms with Gasteiger partial charge in [0.1, 0.15) is 12.0 Å². The lowest BCUT2D eigenvalue weighted by Crippen LogP contribution is -2.44. The van der Waals surface area contributed by atoms with Crippen LogP contribution in [0.5, 0.6) is 0 Å². The zero-order valence-electron chi connectivity index (χ0n) is 6.91. The molecule has 0 amide bonds. The average molecular weight is 151 g/mol. The summed E-state index contributed by atoms with van der Waals surface area (Å²) >= 11 is 0. The van der Waals surface area contributed by atoms with Crippen molar-refractivity contribution in [2.45, 2.75) is 20.0 Å². The third-order valence-corrected chi connectivity index (χ3v) is 2.16. The van der Waals surface area contributed by atoms with E-state index in [0.29, 0.717) is 12.1 Å². The molecule has 60 valence electrons. The molecule has 0 saturated carbocycles. The van der Waals surface area contributed by atoms with Gasteiger partial charge in [-0.3, -0.25) is 4.99 Å². The fourth-order valence-corrected chi connectivity index (χ4v) is 1.61. The predicted octanol–water partition coefficient (Wildman–Crippen LogP) is 0.757. The summed E-state index contributed by atoms with van der Waals surface area (Å²) in [5.41, 5.74) is 3.22. The van der Waals surface area contributed by atoms with Gasteiger partial charge in [-0.2, -0.15) is 5.01 Å². The van der Waals surface area contributed by atoms with Gasteiger partial charge in [-0.15, -0.1) is 0 Å². The lowest BCUT2D eigenvalue weighted by Gasteiger charge is -2.28. The van der Waals surface area contributed by atoms with E-state index < -0.39 is 0 Å². The summed E-state index contributed by atoms with van der Waals surface area (Å²) in [7, 11) is 0. The van der Waals surface area contributed by atoms with Crippen LogP contribution in [0.25, 0.3) is 0 Å². The molecule has 2 unspecified atom stereocenters. The Hall–Kier alpha value is -0.830. The summed E-state index contributed by atoms with van der Waals surface area (Å²) in [6.45, 7) is 5.16. The molecule has 0 aliphatic carbocycles. The number of hydrazine groups is 1. The molecule has 0 saturated heterocycles. The molecule has 0 aromatic carbocycles. The molecule has 3 nitrogen and oxygen atoms in total. The first-order chi connectivity index (χ1) is 5.27. The maximum atomic E-state index is 4.47. The van der Waals surface area contributed by atoms with Crippen LogP contribution in [0, 0.1) is 5.92 Å². The molecule has 0 bridgehead atoms. The smallest absolute Gasteiger partial charge is 0.127 e. The minimum absolute atomic E-state index is 0.333. The maximum Gasteiger partial charge on any atom is 0.127 e. The quantitative estimate of drug-likeness (QED) is 0.517. The summed E-state index contributed by atoms with van der Waals surface area (Å²) in [5.74, 6) is 1.57. The standard InChI is InChI=1S/C8H13N3/c1-6-4-3-5-11-8(6)9-7(2)10-11/h3-4,6,8H,5H2,1-2H3,(H,9,10). The van der Waals surface area contributed by atoms with Crippen LogP contribution in [-0.4, -0.2) is 23.6 Å². The molecule has 2 atom stereocenters. The van der Waals surface area contributed by atoms with Crippen molar-refractivity contribution in [2.75, 3.05) is 6.54 Å². The Balaban J connectivity index is 2.20. The normalized spacial score (nSPS) is 36.4. The molecule has 2 heterocycles. The van der Waals surface area contributed by atoms with E-state index in [4.69, 9.17) is 0 Å². The Morgan fingerprint density at radius 3 is 3.27 bits per heavy atom. The van der Waals surface area contributed by atoms with E-state index in [0.717, 1.165) is 12.4 Å². The second-order valence-electron chi connectivity index (χ2n) is 3.18. The highest BCUT2D eigenvalue weighted by molar-refractivity contribution is 5.80. The van der Waals surface area contributed by atoms with Gasteiger partial charge in [0.25, 0.3) is 0 Å². The number of amidine groups is 1. The summed E-state index contributed by atoms with van der Waals surface area (Å²) in [6.07, 6.45) is 4.74. The summed E-state index contributed by atoms with van der Waals surface area (Å²) in [6, 6.07) is 0. The van der Waals surface area contributed by atoms with Crippen molar-refractivity contribution < 1.29 is 0 Å². The van der Waals surface area contributed by atoms with Crippen LogP contribution in [0.1, 0.15) is 13.8 Å². The van der Waals surface area contributed by atoms with E-state index in [1.54, 1.807) is 0 Å². The van der Waals surface area contributed by atoms with E-state index in [2.05, 4.69) is 34.5 Å². The van der Waals surface area contributed by atoms with Crippen LogP contribution in [-0.2, 0) is 0 Å². The first-order valence-electron chi connectivity index (χ1n) is 4.02. The number of nitrogens with one attached hydrogen (secondary N) is 1. The van der Waals surface area contributed by atoms with Crippen molar-refractivity contribution in [3.63, 3.8) is 0 Å². The minimum atomic E-state index is 0.333. The van der Waals surface area contributed by atoms with Crippen molar-refractivity contribution in [1.82, 2.24) is 10.4 Å². The van der Waals surface area contributed by atoms with Crippen molar-refractivity contribution in [3.05, 3.63) is 12.2 Å². The summed E-state index contributed by atoms with van der Waals surface area (Å²) in [5, 5.41) is 2.17. The van der Waals surface area contributed by atoms with Crippen LogP contribution in [0.15, 0.2) is 17.1 Å². The Morgan fingerprint density at radius 2 is 2.55 bits per heavy atom. The van der Waals surface area contributed by atoms with Gasteiger partial charge < -0.3 is 5.43 Å². The monoisotopic (exact) mass is 151 g/mol. The number of aliphatic imine (C=N–C) groups is 1. The zero-order valence-corrected chi connectivity index (χ0v) is 6.91. The number of rotatable bonds is 0. The maximum absolute atomic E-state index is 4.47. The predicted molar refractivity (Wildman–Crippen MR) is 45.0 cm³/mol. The van der Waals surface area contributed by atoms with Gasteiger partial charge in [-0.05, 0) is 6.92 Å². The highest BCUT2D eigenvalue weighted by Crippen LogP contribution is 2.20. The molecule has 2 rings (SSSR count). The molecule has 3 heteroatoms. The van der Waals surface area contributed by atoms with Crippen LogP contribution < -0.4 is 5.43 Å². The lowest BCUT2D eigenvalue weighted by molar-refractivity contribution is 0.169. The second kappa shape index (κ2) is 2.34. The molecule has 0 spiro atoms. The molecule has 0 fully saturated rings. The average Bonchev–Trinajstić information content (AvgIpc) is 2.31. The van der Waals surface area contributed by atoms with E-state index in [1.165, 1.54) is 0 Å². The van der Waals surface area contributed by atoms with Gasteiger partial charge in [0.15, 0.2) is 0 Å². The molecule has 0 radical (unpaired) electrons. The number of hydrogen-bond donors (Lipinski definition) is 1. The van der Waals surface area contributed by atoms with Crippen molar-refractivity contribution in [2.24, 2.45) is 10.9 Å². The van der Waals surface area contributed by atoms with Gasteiger partial charge in [0.2, 0.25) is 0 Å². The second-order valence-corrected chi connectivity index (χ2v) is 3.18. The lowest BCUT2D eigenvalue weighted by atomic mass is 10.1. The van der Waals surface area contributed by atoms with E-state index in [9.17, 15) is 0 Å². The molecule has 11 heavy (non-hydrogen) atoms. The molecule has 0 aromatic heterocycles.